The molecular formula is C12H18N2O3S2. The van der Waals surface area contributed by atoms with E-state index in [0.29, 0.717) is 17.0 Å². The summed E-state index contributed by atoms with van der Waals surface area (Å²) in [6.45, 7) is 6.33. The number of nitrogens with two attached hydrogens (primary N) is 1. The Morgan fingerprint density at radius 3 is 2.58 bits per heavy atom. The topological polar surface area (TPSA) is 81.4 Å². The van der Waals surface area contributed by atoms with Gasteiger partial charge >= 0.3 is 5.97 Å². The normalized spacial score (nSPS) is 10.3. The molecule has 106 valence electrons. The van der Waals surface area contributed by atoms with Crippen molar-refractivity contribution in [2.75, 3.05) is 24.6 Å². The van der Waals surface area contributed by atoms with Crippen LogP contribution in [0.15, 0.2) is 4.21 Å². The van der Waals surface area contributed by atoms with E-state index in [1.54, 1.807) is 6.92 Å². The van der Waals surface area contributed by atoms with Gasteiger partial charge in [-0.3, -0.25) is 4.79 Å². The molecule has 1 amide bonds. The second-order valence-corrected chi connectivity index (χ2v) is 6.07. The molecule has 0 bridgehead atoms. The molecule has 0 aromatic carbocycles. The maximum atomic E-state index is 11.9. The Hall–Kier alpha value is -1.21. The third-order valence-corrected chi connectivity index (χ3v) is 4.57. The third-order valence-electron chi connectivity index (χ3n) is 2.21. The summed E-state index contributed by atoms with van der Waals surface area (Å²) in [5.41, 5.74) is 6.46. The van der Waals surface area contributed by atoms with Gasteiger partial charge in [0.05, 0.1) is 16.5 Å². The molecule has 0 fully saturated rings. The van der Waals surface area contributed by atoms with E-state index in [9.17, 15) is 9.59 Å². The first kappa shape index (κ1) is 15.8. The van der Waals surface area contributed by atoms with Gasteiger partial charge < -0.3 is 15.8 Å². The number of nitrogen functional groups attached to an aromatic ring is 1. The standard InChI is InChI=1S/C12H18N2O3S2/c1-4-14-10(15)9-8(13)7(11(16)17-5-2)12(19-9)18-6-3/h4-6,13H2,1-3H3,(H,14,15). The van der Waals surface area contributed by atoms with Crippen LogP contribution in [0.2, 0.25) is 0 Å². The van der Waals surface area contributed by atoms with Gasteiger partial charge in [0.15, 0.2) is 0 Å². The fourth-order valence-electron chi connectivity index (χ4n) is 1.46. The van der Waals surface area contributed by atoms with Crippen LogP contribution < -0.4 is 11.1 Å². The summed E-state index contributed by atoms with van der Waals surface area (Å²) in [6, 6.07) is 0. The summed E-state index contributed by atoms with van der Waals surface area (Å²) in [5.74, 6) is 0.0718. The van der Waals surface area contributed by atoms with Crippen molar-refractivity contribution in [2.24, 2.45) is 0 Å². The SMILES string of the molecule is CCNC(=O)c1sc(SCC)c(C(=O)OCC)c1N. The third kappa shape index (κ3) is 3.63. The zero-order valence-electron chi connectivity index (χ0n) is 11.2. The van der Waals surface area contributed by atoms with Gasteiger partial charge in [0.25, 0.3) is 5.91 Å². The van der Waals surface area contributed by atoms with E-state index in [1.807, 2.05) is 13.8 Å². The van der Waals surface area contributed by atoms with Crippen LogP contribution in [0.25, 0.3) is 0 Å². The fourth-order valence-corrected chi connectivity index (χ4v) is 3.76. The lowest BCUT2D eigenvalue weighted by Crippen LogP contribution is -2.22. The highest BCUT2D eigenvalue weighted by Gasteiger charge is 2.26. The summed E-state index contributed by atoms with van der Waals surface area (Å²) in [7, 11) is 0. The molecule has 0 aliphatic heterocycles. The number of amides is 1. The lowest BCUT2D eigenvalue weighted by atomic mass is 10.2. The summed E-state index contributed by atoms with van der Waals surface area (Å²) in [4.78, 5) is 24.2. The van der Waals surface area contributed by atoms with Crippen LogP contribution >= 0.6 is 23.1 Å². The van der Waals surface area contributed by atoms with E-state index >= 15 is 0 Å². The number of carbonyl (C=O) groups excluding carboxylic acids is 2. The van der Waals surface area contributed by atoms with Crippen molar-refractivity contribution in [2.45, 2.75) is 25.0 Å². The second-order valence-electron chi connectivity index (χ2n) is 3.52. The number of thiophene rings is 1. The highest BCUT2D eigenvalue weighted by molar-refractivity contribution is 8.01. The zero-order chi connectivity index (χ0) is 14.4. The van der Waals surface area contributed by atoms with Crippen molar-refractivity contribution in [3.05, 3.63) is 10.4 Å². The van der Waals surface area contributed by atoms with Crippen molar-refractivity contribution in [3.8, 4) is 0 Å². The Balaban J connectivity index is 3.19. The first-order valence-corrected chi connectivity index (χ1v) is 7.87. The van der Waals surface area contributed by atoms with E-state index in [1.165, 1.54) is 23.1 Å². The minimum absolute atomic E-state index is 0.213. The Bertz CT molecular complexity index is 472. The van der Waals surface area contributed by atoms with Crippen molar-refractivity contribution >= 4 is 40.7 Å². The molecule has 0 atom stereocenters. The summed E-state index contributed by atoms with van der Waals surface area (Å²) >= 11 is 2.72. The monoisotopic (exact) mass is 302 g/mol. The molecule has 0 aliphatic carbocycles. The van der Waals surface area contributed by atoms with Crippen LogP contribution in [-0.4, -0.2) is 30.8 Å². The fraction of sp³-hybridized carbons (Fsp3) is 0.500. The quantitative estimate of drug-likeness (QED) is 0.623. The van der Waals surface area contributed by atoms with Crippen LogP contribution in [0.5, 0.6) is 0 Å². The van der Waals surface area contributed by atoms with Gasteiger partial charge in [-0.05, 0) is 19.6 Å². The number of carbonyl (C=O) groups is 2. The Morgan fingerprint density at radius 1 is 1.37 bits per heavy atom. The van der Waals surface area contributed by atoms with Crippen molar-refractivity contribution in [1.29, 1.82) is 0 Å². The number of esters is 1. The second kappa shape index (κ2) is 7.40. The minimum atomic E-state index is -0.470. The molecule has 0 radical (unpaired) electrons. The van der Waals surface area contributed by atoms with Crippen LogP contribution in [0, 0.1) is 0 Å². The summed E-state index contributed by atoms with van der Waals surface area (Å²) in [5, 5.41) is 2.69. The average molecular weight is 302 g/mol. The first-order chi connectivity index (χ1) is 9.06. The molecule has 5 nitrogen and oxygen atoms in total. The van der Waals surface area contributed by atoms with Crippen molar-refractivity contribution < 1.29 is 14.3 Å². The molecule has 1 heterocycles. The molecule has 1 aromatic heterocycles. The minimum Gasteiger partial charge on any atom is -0.462 e. The van der Waals surface area contributed by atoms with Crippen molar-refractivity contribution in [1.82, 2.24) is 5.32 Å². The summed E-state index contributed by atoms with van der Waals surface area (Å²) in [6.07, 6.45) is 0. The molecule has 0 unspecified atom stereocenters. The zero-order valence-corrected chi connectivity index (χ0v) is 12.9. The van der Waals surface area contributed by atoms with Crippen LogP contribution in [0.3, 0.4) is 0 Å². The maximum absolute atomic E-state index is 11.9. The summed E-state index contributed by atoms with van der Waals surface area (Å²) < 4.78 is 5.73. The van der Waals surface area contributed by atoms with Gasteiger partial charge in [0, 0.05) is 6.54 Å². The molecule has 1 rings (SSSR count). The molecule has 1 aromatic rings. The predicted octanol–water partition coefficient (Wildman–Crippen LogP) is 2.37. The van der Waals surface area contributed by atoms with E-state index in [-0.39, 0.29) is 18.2 Å². The smallest absolute Gasteiger partial charge is 0.342 e. The molecule has 0 aliphatic rings. The lowest BCUT2D eigenvalue weighted by molar-refractivity contribution is 0.0524. The Morgan fingerprint density at radius 2 is 2.05 bits per heavy atom. The van der Waals surface area contributed by atoms with Gasteiger partial charge in [0.1, 0.15) is 10.4 Å². The van der Waals surface area contributed by atoms with E-state index < -0.39 is 5.97 Å². The molecule has 0 saturated heterocycles. The number of thioether (sulfide) groups is 1. The van der Waals surface area contributed by atoms with Gasteiger partial charge in [-0.2, -0.15) is 0 Å². The molecule has 0 saturated carbocycles. The van der Waals surface area contributed by atoms with Crippen LogP contribution in [-0.2, 0) is 4.74 Å². The van der Waals surface area contributed by atoms with Gasteiger partial charge in [0.2, 0.25) is 0 Å². The number of nitrogens with one attached hydrogen (secondary N) is 1. The number of anilines is 1. The largest absolute Gasteiger partial charge is 0.462 e. The number of ether oxygens (including phenoxy) is 1. The maximum Gasteiger partial charge on any atom is 0.342 e. The highest BCUT2D eigenvalue weighted by atomic mass is 32.2. The molecule has 7 heteroatoms. The van der Waals surface area contributed by atoms with E-state index in [2.05, 4.69) is 5.32 Å². The molecular weight excluding hydrogens is 284 g/mol. The number of hydrogen-bond donors (Lipinski definition) is 2. The van der Waals surface area contributed by atoms with E-state index in [4.69, 9.17) is 10.5 Å². The number of hydrogen-bond acceptors (Lipinski definition) is 6. The average Bonchev–Trinajstić information content (AvgIpc) is 2.67. The highest BCUT2D eigenvalue weighted by Crippen LogP contribution is 2.38. The van der Waals surface area contributed by atoms with E-state index in [0.717, 1.165) is 9.96 Å². The predicted molar refractivity (Wildman–Crippen MR) is 79.1 cm³/mol. The Labute approximate surface area is 120 Å². The van der Waals surface area contributed by atoms with Gasteiger partial charge in [-0.25, -0.2) is 4.79 Å². The van der Waals surface area contributed by atoms with Gasteiger partial charge in [-0.1, -0.05) is 6.92 Å². The molecule has 3 N–H and O–H groups in total. The Kier molecular flexibility index (Phi) is 6.17. The lowest BCUT2D eigenvalue weighted by Gasteiger charge is -2.04. The van der Waals surface area contributed by atoms with Crippen LogP contribution in [0.4, 0.5) is 5.69 Å². The molecule has 19 heavy (non-hydrogen) atoms. The van der Waals surface area contributed by atoms with Crippen LogP contribution in [0.1, 0.15) is 40.8 Å². The molecule has 0 spiro atoms. The first-order valence-electron chi connectivity index (χ1n) is 6.07. The number of rotatable bonds is 6. The van der Waals surface area contributed by atoms with Gasteiger partial charge in [-0.15, -0.1) is 23.1 Å². The van der Waals surface area contributed by atoms with Crippen molar-refractivity contribution in [3.63, 3.8) is 0 Å².